The Morgan fingerprint density at radius 1 is 1.50 bits per heavy atom. The Bertz CT molecular complexity index is 258. The van der Waals surface area contributed by atoms with Crippen molar-refractivity contribution in [1.29, 1.82) is 0 Å². The maximum absolute atomic E-state index is 3.86. The Morgan fingerprint density at radius 2 is 2.10 bits per heavy atom. The minimum Gasteiger partial charge on any atom is -0.333 e. The lowest BCUT2D eigenvalue weighted by Crippen LogP contribution is -1.89. The SMILES string of the molecule is C=Nc1cc(C)c(C)n1C. The third-order valence-corrected chi connectivity index (χ3v) is 1.93. The Kier molecular flexibility index (Phi) is 1.62. The van der Waals surface area contributed by atoms with Crippen LogP contribution in [0.4, 0.5) is 5.82 Å². The monoisotopic (exact) mass is 136 g/mol. The zero-order chi connectivity index (χ0) is 7.72. The van der Waals surface area contributed by atoms with E-state index in [4.69, 9.17) is 0 Å². The average Bonchev–Trinajstić information content (AvgIpc) is 2.17. The summed E-state index contributed by atoms with van der Waals surface area (Å²) in [6.07, 6.45) is 0. The van der Waals surface area contributed by atoms with E-state index >= 15 is 0 Å². The van der Waals surface area contributed by atoms with E-state index in [-0.39, 0.29) is 0 Å². The van der Waals surface area contributed by atoms with Crippen LogP contribution in [0.5, 0.6) is 0 Å². The Labute approximate surface area is 61.2 Å². The van der Waals surface area contributed by atoms with E-state index in [1.807, 2.05) is 17.7 Å². The first-order chi connectivity index (χ1) is 4.66. The molecule has 0 atom stereocenters. The molecule has 10 heavy (non-hydrogen) atoms. The topological polar surface area (TPSA) is 17.3 Å². The van der Waals surface area contributed by atoms with E-state index in [1.54, 1.807) is 0 Å². The van der Waals surface area contributed by atoms with E-state index < -0.39 is 0 Å². The second-order valence-corrected chi connectivity index (χ2v) is 2.49. The van der Waals surface area contributed by atoms with Crippen molar-refractivity contribution < 1.29 is 0 Å². The van der Waals surface area contributed by atoms with Crippen LogP contribution in [-0.4, -0.2) is 11.3 Å². The van der Waals surface area contributed by atoms with Gasteiger partial charge in [0.2, 0.25) is 0 Å². The van der Waals surface area contributed by atoms with Crippen LogP contribution in [0.2, 0.25) is 0 Å². The van der Waals surface area contributed by atoms with E-state index in [2.05, 4.69) is 25.6 Å². The lowest BCUT2D eigenvalue weighted by Gasteiger charge is -1.97. The lowest BCUT2D eigenvalue weighted by atomic mass is 10.3. The van der Waals surface area contributed by atoms with Gasteiger partial charge in [0.1, 0.15) is 5.82 Å². The molecule has 1 aromatic heterocycles. The molecule has 1 rings (SSSR count). The number of nitrogens with zero attached hydrogens (tertiary/aromatic N) is 2. The van der Waals surface area contributed by atoms with Crippen LogP contribution in [0.1, 0.15) is 11.3 Å². The number of hydrogen-bond acceptors (Lipinski definition) is 1. The third-order valence-electron chi connectivity index (χ3n) is 1.93. The molecular weight excluding hydrogens is 124 g/mol. The van der Waals surface area contributed by atoms with Crippen molar-refractivity contribution in [2.75, 3.05) is 0 Å². The van der Waals surface area contributed by atoms with Gasteiger partial charge in [0.15, 0.2) is 0 Å². The maximum atomic E-state index is 3.86. The molecule has 0 saturated carbocycles. The molecule has 0 aliphatic heterocycles. The summed E-state index contributed by atoms with van der Waals surface area (Å²) in [5.74, 6) is 0.940. The molecule has 1 aromatic rings. The summed E-state index contributed by atoms with van der Waals surface area (Å²) in [6.45, 7) is 7.62. The third kappa shape index (κ3) is 0.856. The first-order valence-electron chi connectivity index (χ1n) is 3.26. The normalized spacial score (nSPS) is 9.90. The van der Waals surface area contributed by atoms with Gasteiger partial charge in [-0.1, -0.05) is 0 Å². The highest BCUT2D eigenvalue weighted by molar-refractivity contribution is 5.45. The molecule has 0 radical (unpaired) electrons. The van der Waals surface area contributed by atoms with Gasteiger partial charge in [0.05, 0.1) is 0 Å². The van der Waals surface area contributed by atoms with Gasteiger partial charge in [-0.2, -0.15) is 0 Å². The Balaban J connectivity index is 3.30. The van der Waals surface area contributed by atoms with Gasteiger partial charge < -0.3 is 4.57 Å². The zero-order valence-electron chi connectivity index (χ0n) is 6.68. The highest BCUT2D eigenvalue weighted by atomic mass is 15.0. The van der Waals surface area contributed by atoms with Crippen LogP contribution in [0.15, 0.2) is 11.1 Å². The first-order valence-corrected chi connectivity index (χ1v) is 3.26. The fourth-order valence-electron chi connectivity index (χ4n) is 0.983. The number of aromatic nitrogens is 1. The van der Waals surface area contributed by atoms with Gasteiger partial charge in [0.25, 0.3) is 0 Å². The summed E-state index contributed by atoms with van der Waals surface area (Å²) in [5.41, 5.74) is 2.52. The predicted molar refractivity (Wildman–Crippen MR) is 44.1 cm³/mol. The van der Waals surface area contributed by atoms with Crippen molar-refractivity contribution in [3.63, 3.8) is 0 Å². The largest absolute Gasteiger partial charge is 0.333 e. The summed E-state index contributed by atoms with van der Waals surface area (Å²) in [4.78, 5) is 3.86. The molecule has 0 unspecified atom stereocenters. The van der Waals surface area contributed by atoms with Gasteiger partial charge in [-0.25, -0.2) is 4.99 Å². The van der Waals surface area contributed by atoms with Crippen molar-refractivity contribution in [1.82, 2.24) is 4.57 Å². The van der Waals surface area contributed by atoms with E-state index in [9.17, 15) is 0 Å². The molecule has 2 nitrogen and oxygen atoms in total. The van der Waals surface area contributed by atoms with Crippen LogP contribution in [0.3, 0.4) is 0 Å². The smallest absolute Gasteiger partial charge is 0.131 e. The van der Waals surface area contributed by atoms with Crippen molar-refractivity contribution in [2.45, 2.75) is 13.8 Å². The van der Waals surface area contributed by atoms with Crippen molar-refractivity contribution in [2.24, 2.45) is 12.0 Å². The summed E-state index contributed by atoms with van der Waals surface area (Å²) >= 11 is 0. The van der Waals surface area contributed by atoms with Gasteiger partial charge in [-0.15, -0.1) is 0 Å². The molecule has 0 aliphatic carbocycles. The maximum Gasteiger partial charge on any atom is 0.131 e. The molecule has 54 valence electrons. The zero-order valence-corrected chi connectivity index (χ0v) is 6.68. The van der Waals surface area contributed by atoms with Gasteiger partial charge in [0, 0.05) is 12.7 Å². The summed E-state index contributed by atoms with van der Waals surface area (Å²) < 4.78 is 2.03. The van der Waals surface area contributed by atoms with Crippen molar-refractivity contribution in [3.8, 4) is 0 Å². The van der Waals surface area contributed by atoms with Gasteiger partial charge >= 0.3 is 0 Å². The van der Waals surface area contributed by atoms with Crippen LogP contribution in [0.25, 0.3) is 0 Å². The first kappa shape index (κ1) is 7.06. The summed E-state index contributed by atoms with van der Waals surface area (Å²) in [7, 11) is 1.99. The van der Waals surface area contributed by atoms with Gasteiger partial charge in [-0.05, 0) is 32.2 Å². The van der Waals surface area contributed by atoms with Crippen molar-refractivity contribution >= 4 is 12.5 Å². The highest BCUT2D eigenvalue weighted by Crippen LogP contribution is 2.18. The minimum atomic E-state index is 0.940. The minimum absolute atomic E-state index is 0.940. The van der Waals surface area contributed by atoms with Gasteiger partial charge in [-0.3, -0.25) is 0 Å². The quantitative estimate of drug-likeness (QED) is 0.525. The molecule has 1 heterocycles. The molecule has 0 saturated heterocycles. The van der Waals surface area contributed by atoms with Crippen LogP contribution >= 0.6 is 0 Å². The lowest BCUT2D eigenvalue weighted by molar-refractivity contribution is 0.878. The fraction of sp³-hybridized carbons (Fsp3) is 0.375. The molecule has 0 aromatic carbocycles. The number of hydrogen-bond donors (Lipinski definition) is 0. The molecule has 0 N–H and O–H groups in total. The standard InChI is InChI=1S/C8H12N2/c1-6-5-8(9-3)10(4)7(6)2/h5H,3H2,1-2,4H3. The number of aryl methyl sites for hydroxylation is 1. The predicted octanol–water partition coefficient (Wildman–Crippen LogP) is 1.97. The van der Waals surface area contributed by atoms with E-state index in [1.165, 1.54) is 11.3 Å². The second-order valence-electron chi connectivity index (χ2n) is 2.49. The summed E-state index contributed by atoms with van der Waals surface area (Å²) in [5, 5.41) is 0. The van der Waals surface area contributed by atoms with Crippen molar-refractivity contribution in [3.05, 3.63) is 17.3 Å². The summed E-state index contributed by atoms with van der Waals surface area (Å²) in [6, 6.07) is 2.03. The average molecular weight is 136 g/mol. The van der Waals surface area contributed by atoms with E-state index in [0.717, 1.165) is 5.82 Å². The molecule has 0 aliphatic rings. The molecule has 0 bridgehead atoms. The molecular formula is C8H12N2. The fourth-order valence-corrected chi connectivity index (χ4v) is 0.983. The number of rotatable bonds is 1. The Hall–Kier alpha value is -1.05. The van der Waals surface area contributed by atoms with Crippen LogP contribution < -0.4 is 0 Å². The molecule has 2 heteroatoms. The highest BCUT2D eigenvalue weighted by Gasteiger charge is 2.01. The van der Waals surface area contributed by atoms with E-state index in [0.29, 0.717) is 0 Å². The number of aliphatic imine (C=N–C) groups is 1. The van der Waals surface area contributed by atoms with Crippen LogP contribution in [-0.2, 0) is 7.05 Å². The second kappa shape index (κ2) is 2.29. The molecule has 0 amide bonds. The molecule has 0 spiro atoms. The van der Waals surface area contributed by atoms with Crippen LogP contribution in [0, 0.1) is 13.8 Å². The Morgan fingerprint density at radius 3 is 2.30 bits per heavy atom. The molecule has 0 fully saturated rings.